The van der Waals surface area contributed by atoms with Crippen molar-refractivity contribution in [1.82, 2.24) is 10.3 Å². The van der Waals surface area contributed by atoms with Gasteiger partial charge in [0.25, 0.3) is 5.91 Å². The lowest BCUT2D eigenvalue weighted by atomic mass is 9.98. The van der Waals surface area contributed by atoms with Gasteiger partial charge in [-0.25, -0.2) is 8.78 Å². The van der Waals surface area contributed by atoms with E-state index in [1.165, 1.54) is 0 Å². The Bertz CT molecular complexity index is 915. The molecule has 3 aromatic rings. The Hall–Kier alpha value is -3.28. The first-order chi connectivity index (χ1) is 13.0. The zero-order valence-corrected chi connectivity index (χ0v) is 14.7. The second-order valence-electron chi connectivity index (χ2n) is 6.06. The van der Waals surface area contributed by atoms with Crippen LogP contribution >= 0.6 is 0 Å². The fourth-order valence-corrected chi connectivity index (χ4v) is 2.61. The summed E-state index contributed by atoms with van der Waals surface area (Å²) in [5.41, 5.74) is 2.86. The number of hydrogen-bond acceptors (Lipinski definition) is 3. The molecule has 1 N–H and O–H groups in total. The van der Waals surface area contributed by atoms with Gasteiger partial charge in [0.05, 0.1) is 6.04 Å². The molecule has 0 aliphatic heterocycles. The van der Waals surface area contributed by atoms with E-state index in [1.54, 1.807) is 12.4 Å². The molecule has 0 bridgehead atoms. The molecule has 0 aliphatic carbocycles. The number of amides is 1. The number of rotatable bonds is 6. The van der Waals surface area contributed by atoms with Crippen LogP contribution in [0.3, 0.4) is 0 Å². The summed E-state index contributed by atoms with van der Waals surface area (Å²) in [5.74, 6) is -2.17. The number of nitrogens with one attached hydrogen (secondary N) is 1. The summed E-state index contributed by atoms with van der Waals surface area (Å²) in [4.78, 5) is 16.4. The van der Waals surface area contributed by atoms with Crippen LogP contribution in [0.25, 0.3) is 0 Å². The molecule has 0 radical (unpaired) electrons. The average Bonchev–Trinajstić information content (AvgIpc) is 2.67. The lowest BCUT2D eigenvalue weighted by Crippen LogP contribution is -2.33. The summed E-state index contributed by atoms with van der Waals surface area (Å²) in [6.45, 7) is 1.59. The summed E-state index contributed by atoms with van der Waals surface area (Å²) >= 11 is 0. The molecule has 27 heavy (non-hydrogen) atoms. The standard InChI is InChI=1S/C21H18F2N2O2/c1-14-2-4-15(5-3-14)21(16-8-10-24-11-9-16)25-20(26)13-27-19-7-6-17(22)12-18(19)23/h2-12,21H,13H2,1H3,(H,25,26)/t21-/m1/s1. The first kappa shape index (κ1) is 18.5. The third-order valence-corrected chi connectivity index (χ3v) is 4.01. The number of benzene rings is 2. The SMILES string of the molecule is Cc1ccc([C@@H](NC(=O)COc2ccc(F)cc2F)c2ccncc2)cc1. The average molecular weight is 368 g/mol. The van der Waals surface area contributed by atoms with E-state index in [0.29, 0.717) is 6.07 Å². The Morgan fingerprint density at radius 2 is 1.70 bits per heavy atom. The van der Waals surface area contributed by atoms with E-state index in [1.807, 2.05) is 43.3 Å². The minimum Gasteiger partial charge on any atom is -0.481 e. The van der Waals surface area contributed by atoms with Gasteiger partial charge in [0.2, 0.25) is 0 Å². The molecule has 0 aliphatic rings. The number of carbonyl (C=O) groups is 1. The molecule has 0 spiro atoms. The van der Waals surface area contributed by atoms with Crippen molar-refractivity contribution in [3.8, 4) is 5.75 Å². The minimum atomic E-state index is -0.855. The molecule has 0 saturated carbocycles. The van der Waals surface area contributed by atoms with E-state index in [0.717, 1.165) is 28.8 Å². The molecule has 1 heterocycles. The Morgan fingerprint density at radius 1 is 1.04 bits per heavy atom. The number of nitrogens with zero attached hydrogens (tertiary/aromatic N) is 1. The van der Waals surface area contributed by atoms with Crippen LogP contribution in [0.2, 0.25) is 0 Å². The zero-order chi connectivity index (χ0) is 19.2. The Morgan fingerprint density at radius 3 is 2.37 bits per heavy atom. The summed E-state index contributed by atoms with van der Waals surface area (Å²) in [6.07, 6.45) is 3.29. The number of hydrogen-bond donors (Lipinski definition) is 1. The van der Waals surface area contributed by atoms with Crippen LogP contribution in [0.15, 0.2) is 67.0 Å². The zero-order valence-electron chi connectivity index (χ0n) is 14.7. The van der Waals surface area contributed by atoms with Gasteiger partial charge in [-0.1, -0.05) is 29.8 Å². The summed E-state index contributed by atoms with van der Waals surface area (Å²) < 4.78 is 31.7. The predicted molar refractivity (Wildman–Crippen MR) is 97.3 cm³/mol. The van der Waals surface area contributed by atoms with E-state index in [4.69, 9.17) is 4.74 Å². The molecule has 6 heteroatoms. The van der Waals surface area contributed by atoms with Crippen LogP contribution in [-0.4, -0.2) is 17.5 Å². The highest BCUT2D eigenvalue weighted by Gasteiger charge is 2.17. The van der Waals surface area contributed by atoms with Crippen LogP contribution in [-0.2, 0) is 4.79 Å². The third kappa shape index (κ3) is 4.88. The number of aryl methyl sites for hydroxylation is 1. The summed E-state index contributed by atoms with van der Waals surface area (Å²) in [7, 11) is 0. The summed E-state index contributed by atoms with van der Waals surface area (Å²) in [6, 6.07) is 13.9. The maximum atomic E-state index is 13.6. The van der Waals surface area contributed by atoms with Gasteiger partial charge < -0.3 is 10.1 Å². The minimum absolute atomic E-state index is 0.178. The lowest BCUT2D eigenvalue weighted by molar-refractivity contribution is -0.123. The molecular weight excluding hydrogens is 350 g/mol. The van der Waals surface area contributed by atoms with Crippen LogP contribution in [0.1, 0.15) is 22.7 Å². The number of carbonyl (C=O) groups excluding carboxylic acids is 1. The van der Waals surface area contributed by atoms with Crippen LogP contribution in [0.4, 0.5) is 8.78 Å². The molecule has 0 unspecified atom stereocenters. The molecule has 0 saturated heterocycles. The van der Waals surface area contributed by atoms with E-state index < -0.39 is 30.2 Å². The second kappa shape index (κ2) is 8.40. The maximum absolute atomic E-state index is 13.6. The Balaban J connectivity index is 1.73. The number of pyridine rings is 1. The smallest absolute Gasteiger partial charge is 0.258 e. The third-order valence-electron chi connectivity index (χ3n) is 4.01. The number of aromatic nitrogens is 1. The summed E-state index contributed by atoms with van der Waals surface area (Å²) in [5, 5.41) is 2.88. The Kier molecular flexibility index (Phi) is 5.76. The van der Waals surface area contributed by atoms with Gasteiger partial charge >= 0.3 is 0 Å². The fraction of sp³-hybridized carbons (Fsp3) is 0.143. The predicted octanol–water partition coefficient (Wildman–Crippen LogP) is 3.95. The largest absolute Gasteiger partial charge is 0.481 e. The van der Waals surface area contributed by atoms with Crippen molar-refractivity contribution in [2.75, 3.05) is 6.61 Å². The molecule has 3 rings (SSSR count). The highest BCUT2D eigenvalue weighted by Crippen LogP contribution is 2.22. The fourth-order valence-electron chi connectivity index (χ4n) is 2.61. The quantitative estimate of drug-likeness (QED) is 0.717. The molecule has 138 valence electrons. The number of ether oxygens (including phenoxy) is 1. The van der Waals surface area contributed by atoms with Gasteiger partial charge in [0.15, 0.2) is 18.2 Å². The van der Waals surface area contributed by atoms with Crippen molar-refractivity contribution in [1.29, 1.82) is 0 Å². The normalized spacial score (nSPS) is 11.7. The number of halogens is 2. The lowest BCUT2D eigenvalue weighted by Gasteiger charge is -2.20. The second-order valence-corrected chi connectivity index (χ2v) is 6.06. The molecule has 4 nitrogen and oxygen atoms in total. The van der Waals surface area contributed by atoms with Gasteiger partial charge in [-0.15, -0.1) is 0 Å². The van der Waals surface area contributed by atoms with Crippen molar-refractivity contribution in [3.05, 3.63) is 95.3 Å². The first-order valence-electron chi connectivity index (χ1n) is 8.36. The highest BCUT2D eigenvalue weighted by molar-refractivity contribution is 5.78. The van der Waals surface area contributed by atoms with Gasteiger partial charge in [-0.05, 0) is 42.3 Å². The van der Waals surface area contributed by atoms with Crippen LogP contribution in [0.5, 0.6) is 5.75 Å². The molecule has 1 aromatic heterocycles. The molecular formula is C21H18F2N2O2. The van der Waals surface area contributed by atoms with E-state index >= 15 is 0 Å². The molecule has 1 amide bonds. The van der Waals surface area contributed by atoms with Crippen molar-refractivity contribution >= 4 is 5.91 Å². The highest BCUT2D eigenvalue weighted by atomic mass is 19.1. The van der Waals surface area contributed by atoms with Crippen molar-refractivity contribution < 1.29 is 18.3 Å². The Labute approximate surface area is 155 Å². The first-order valence-corrected chi connectivity index (χ1v) is 8.36. The van der Waals surface area contributed by atoms with Gasteiger partial charge in [0, 0.05) is 18.5 Å². The van der Waals surface area contributed by atoms with Gasteiger partial charge in [-0.2, -0.15) is 0 Å². The maximum Gasteiger partial charge on any atom is 0.258 e. The molecule has 1 atom stereocenters. The van der Waals surface area contributed by atoms with E-state index in [9.17, 15) is 13.6 Å². The topological polar surface area (TPSA) is 51.2 Å². The van der Waals surface area contributed by atoms with Gasteiger partial charge in [-0.3, -0.25) is 9.78 Å². The van der Waals surface area contributed by atoms with Crippen molar-refractivity contribution in [2.24, 2.45) is 0 Å². The monoisotopic (exact) mass is 368 g/mol. The van der Waals surface area contributed by atoms with E-state index in [-0.39, 0.29) is 5.75 Å². The van der Waals surface area contributed by atoms with Gasteiger partial charge in [0.1, 0.15) is 5.82 Å². The van der Waals surface area contributed by atoms with E-state index in [2.05, 4.69) is 10.3 Å². The molecule has 0 fully saturated rings. The van der Waals surface area contributed by atoms with Crippen molar-refractivity contribution in [3.63, 3.8) is 0 Å². The van der Waals surface area contributed by atoms with Crippen LogP contribution in [0, 0.1) is 18.6 Å². The van der Waals surface area contributed by atoms with Crippen molar-refractivity contribution in [2.45, 2.75) is 13.0 Å². The van der Waals surface area contributed by atoms with Crippen LogP contribution < -0.4 is 10.1 Å². The molecule has 2 aromatic carbocycles.